The molecule has 12 heteroatoms. The third kappa shape index (κ3) is 6.03. The number of aryl methyl sites for hydroxylation is 1. The van der Waals surface area contributed by atoms with Gasteiger partial charge in [0.05, 0.1) is 19.0 Å². The number of carbonyl (C=O) groups is 2. The summed E-state index contributed by atoms with van der Waals surface area (Å²) >= 11 is 0. The lowest BCUT2D eigenvalue weighted by Crippen LogP contribution is -2.46. The molecule has 1 aliphatic rings. The minimum atomic E-state index is -1.07. The van der Waals surface area contributed by atoms with Crippen molar-refractivity contribution in [3.8, 4) is 17.0 Å². The summed E-state index contributed by atoms with van der Waals surface area (Å²) < 4.78 is 35.7. The minimum absolute atomic E-state index is 0.0368. The van der Waals surface area contributed by atoms with Gasteiger partial charge in [0.25, 0.3) is 5.91 Å². The number of rotatable bonds is 10. The molecule has 0 atom stereocenters. The van der Waals surface area contributed by atoms with Crippen LogP contribution in [0.15, 0.2) is 48.9 Å². The minimum Gasteiger partial charge on any atom is -0.494 e. The number of piperazine rings is 1. The van der Waals surface area contributed by atoms with E-state index in [-0.39, 0.29) is 23.1 Å². The first kappa shape index (κ1) is 28.9. The van der Waals surface area contributed by atoms with E-state index in [4.69, 9.17) is 4.74 Å². The van der Waals surface area contributed by atoms with Crippen LogP contribution in [-0.4, -0.2) is 70.9 Å². The monoisotopic (exact) mass is 577 g/mol. The smallest absolute Gasteiger partial charge is 0.251 e. The molecule has 0 aliphatic carbocycles. The number of aromatic nitrogens is 3. The lowest BCUT2D eigenvalue weighted by Gasteiger charge is -2.27. The lowest BCUT2D eigenvalue weighted by atomic mass is 10.0. The Hall–Kier alpha value is -4.58. The summed E-state index contributed by atoms with van der Waals surface area (Å²) in [5, 5.41) is 9.39. The standard InChI is InChI=1S/C30H33F2N7O3/c1-3-19-17-20(6-7-21(19)30(41)35-10-4-5-25(40)38-14-11-33-12-15-38)37-28-29-36-18-23(39(29)16-13-34-28)22-8-9-24(42-2)27(32)26(22)31/h6-9,13,16-18,33H,3-5,10-12,14-15H2,1-2H3,(H,34,37)(H,35,41). The number of anilines is 2. The van der Waals surface area contributed by atoms with Gasteiger partial charge < -0.3 is 25.6 Å². The number of halogens is 2. The number of carbonyl (C=O) groups excluding carboxylic acids is 2. The van der Waals surface area contributed by atoms with Crippen molar-refractivity contribution in [1.29, 1.82) is 0 Å². The van der Waals surface area contributed by atoms with Crippen LogP contribution in [0.5, 0.6) is 5.75 Å². The molecule has 0 radical (unpaired) electrons. The van der Waals surface area contributed by atoms with Crippen molar-refractivity contribution in [1.82, 2.24) is 29.9 Å². The summed E-state index contributed by atoms with van der Waals surface area (Å²) in [4.78, 5) is 35.9. The molecule has 0 saturated carbocycles. The van der Waals surface area contributed by atoms with Crippen LogP contribution in [0.4, 0.5) is 20.3 Å². The molecule has 0 bridgehead atoms. The highest BCUT2D eigenvalue weighted by Gasteiger charge is 2.20. The molecule has 2 aromatic carbocycles. The van der Waals surface area contributed by atoms with Gasteiger partial charge in [0, 0.05) is 68.4 Å². The molecule has 3 N–H and O–H groups in total. The van der Waals surface area contributed by atoms with E-state index in [1.165, 1.54) is 31.6 Å². The van der Waals surface area contributed by atoms with Crippen LogP contribution in [0, 0.1) is 11.6 Å². The van der Waals surface area contributed by atoms with Crippen molar-refractivity contribution in [3.63, 3.8) is 0 Å². The number of imidazole rings is 1. The molecule has 1 fully saturated rings. The molecule has 0 unspecified atom stereocenters. The van der Waals surface area contributed by atoms with Gasteiger partial charge in [0.15, 0.2) is 23.0 Å². The van der Waals surface area contributed by atoms with Crippen LogP contribution < -0.4 is 20.7 Å². The maximum Gasteiger partial charge on any atom is 0.251 e. The topological polar surface area (TPSA) is 113 Å². The zero-order valence-electron chi connectivity index (χ0n) is 23.5. The Kier molecular flexibility index (Phi) is 8.91. The second kappa shape index (κ2) is 12.9. The number of amides is 2. The molecule has 5 rings (SSSR count). The largest absolute Gasteiger partial charge is 0.494 e. The van der Waals surface area contributed by atoms with Crippen LogP contribution in [-0.2, 0) is 11.2 Å². The number of nitrogens with one attached hydrogen (secondary N) is 3. The van der Waals surface area contributed by atoms with Crippen molar-refractivity contribution < 1.29 is 23.1 Å². The van der Waals surface area contributed by atoms with Crippen LogP contribution >= 0.6 is 0 Å². The van der Waals surface area contributed by atoms with Gasteiger partial charge in [-0.05, 0) is 48.7 Å². The summed E-state index contributed by atoms with van der Waals surface area (Å²) in [6.07, 6.45) is 6.20. The summed E-state index contributed by atoms with van der Waals surface area (Å²) in [7, 11) is 1.28. The fourth-order valence-corrected chi connectivity index (χ4v) is 5.03. The normalized spacial score (nSPS) is 13.3. The Bertz CT molecular complexity index is 1600. The summed E-state index contributed by atoms with van der Waals surface area (Å²) in [5.41, 5.74) is 2.89. The van der Waals surface area contributed by atoms with Gasteiger partial charge in [-0.25, -0.2) is 14.4 Å². The van der Waals surface area contributed by atoms with E-state index in [0.29, 0.717) is 54.2 Å². The molecule has 4 aromatic rings. The molecule has 42 heavy (non-hydrogen) atoms. The highest BCUT2D eigenvalue weighted by molar-refractivity contribution is 5.96. The summed E-state index contributed by atoms with van der Waals surface area (Å²) in [5.74, 6) is -1.96. The van der Waals surface area contributed by atoms with Crippen molar-refractivity contribution in [2.75, 3.05) is 45.2 Å². The van der Waals surface area contributed by atoms with Crippen molar-refractivity contribution in [2.24, 2.45) is 0 Å². The Morgan fingerprint density at radius 1 is 1.10 bits per heavy atom. The molecular weight excluding hydrogens is 544 g/mol. The average molecular weight is 578 g/mol. The molecular formula is C30H33F2N7O3. The fourth-order valence-electron chi connectivity index (χ4n) is 5.03. The molecule has 3 heterocycles. The third-order valence-electron chi connectivity index (χ3n) is 7.29. The van der Waals surface area contributed by atoms with E-state index < -0.39 is 11.6 Å². The summed E-state index contributed by atoms with van der Waals surface area (Å²) in [6, 6.07) is 8.20. The molecule has 220 valence electrons. The van der Waals surface area contributed by atoms with E-state index in [1.807, 2.05) is 17.9 Å². The number of hydrogen-bond donors (Lipinski definition) is 3. The Morgan fingerprint density at radius 3 is 2.67 bits per heavy atom. The number of methoxy groups -OCH3 is 1. The second-order valence-corrected chi connectivity index (χ2v) is 9.90. The fraction of sp³-hybridized carbons (Fsp3) is 0.333. The predicted octanol–water partition coefficient (Wildman–Crippen LogP) is 3.93. The highest BCUT2D eigenvalue weighted by Crippen LogP contribution is 2.31. The Labute approximate surface area is 242 Å². The SMILES string of the molecule is CCc1cc(Nc2nccn3c(-c4ccc(OC)c(F)c4F)cnc23)ccc1C(=O)NCCCC(=O)N1CCNCC1. The maximum absolute atomic E-state index is 14.8. The number of hydrogen-bond acceptors (Lipinski definition) is 7. The number of ether oxygens (including phenoxy) is 1. The predicted molar refractivity (Wildman–Crippen MR) is 155 cm³/mol. The molecule has 1 aliphatic heterocycles. The van der Waals surface area contributed by atoms with Gasteiger partial charge in [-0.3, -0.25) is 14.0 Å². The average Bonchev–Trinajstić information content (AvgIpc) is 3.45. The van der Waals surface area contributed by atoms with Crippen LogP contribution in [0.2, 0.25) is 0 Å². The van der Waals surface area contributed by atoms with Crippen molar-refractivity contribution in [2.45, 2.75) is 26.2 Å². The van der Waals surface area contributed by atoms with Gasteiger partial charge in [-0.2, -0.15) is 4.39 Å². The number of fused-ring (bicyclic) bond motifs is 1. The van der Waals surface area contributed by atoms with Gasteiger partial charge in [-0.15, -0.1) is 0 Å². The van der Waals surface area contributed by atoms with E-state index in [2.05, 4.69) is 25.9 Å². The highest BCUT2D eigenvalue weighted by atomic mass is 19.2. The van der Waals surface area contributed by atoms with Gasteiger partial charge >= 0.3 is 0 Å². The van der Waals surface area contributed by atoms with Crippen LogP contribution in [0.1, 0.15) is 35.7 Å². The van der Waals surface area contributed by atoms with E-state index >= 15 is 0 Å². The first-order chi connectivity index (χ1) is 20.4. The van der Waals surface area contributed by atoms with E-state index in [9.17, 15) is 18.4 Å². The van der Waals surface area contributed by atoms with Crippen molar-refractivity contribution >= 4 is 29.0 Å². The lowest BCUT2D eigenvalue weighted by molar-refractivity contribution is -0.131. The van der Waals surface area contributed by atoms with Crippen LogP contribution in [0.3, 0.4) is 0 Å². The number of nitrogens with zero attached hydrogens (tertiary/aromatic N) is 4. The molecule has 2 aromatic heterocycles. The summed E-state index contributed by atoms with van der Waals surface area (Å²) in [6.45, 7) is 5.44. The Balaban J connectivity index is 1.27. The van der Waals surface area contributed by atoms with Crippen molar-refractivity contribution in [3.05, 3.63) is 71.7 Å². The Morgan fingerprint density at radius 2 is 1.90 bits per heavy atom. The first-order valence-electron chi connectivity index (χ1n) is 13.9. The third-order valence-corrected chi connectivity index (χ3v) is 7.29. The zero-order valence-corrected chi connectivity index (χ0v) is 23.5. The van der Waals surface area contributed by atoms with Crippen LogP contribution in [0.25, 0.3) is 16.9 Å². The van der Waals surface area contributed by atoms with E-state index in [1.54, 1.807) is 22.7 Å². The maximum atomic E-state index is 14.8. The van der Waals surface area contributed by atoms with E-state index in [0.717, 1.165) is 31.7 Å². The van der Waals surface area contributed by atoms with Gasteiger partial charge in [0.2, 0.25) is 11.7 Å². The van der Waals surface area contributed by atoms with Gasteiger partial charge in [0.1, 0.15) is 0 Å². The quantitative estimate of drug-likeness (QED) is 0.245. The van der Waals surface area contributed by atoms with Gasteiger partial charge in [-0.1, -0.05) is 6.92 Å². The molecule has 10 nitrogen and oxygen atoms in total. The molecule has 1 saturated heterocycles. The second-order valence-electron chi connectivity index (χ2n) is 9.90. The molecule has 2 amide bonds. The number of benzene rings is 2. The molecule has 0 spiro atoms. The zero-order chi connectivity index (χ0) is 29.6. The first-order valence-corrected chi connectivity index (χ1v) is 13.9.